The van der Waals surface area contributed by atoms with E-state index < -0.39 is 34.2 Å². The Kier molecular flexibility index (Phi) is 7.96. The number of carbonyl (C=O) groups excluding carboxylic acids is 1. The normalized spacial score (nSPS) is 14.9. The second kappa shape index (κ2) is 10.5. The average molecular weight is 501 g/mol. The number of likely N-dealkylation sites (tertiary alicyclic amines) is 1. The summed E-state index contributed by atoms with van der Waals surface area (Å²) in [5.74, 6) is -0.0533. The van der Waals surface area contributed by atoms with E-state index in [-0.39, 0.29) is 22.1 Å². The summed E-state index contributed by atoms with van der Waals surface area (Å²) in [6.07, 6.45) is -1.17. The molecule has 186 valence electrons. The first-order valence-corrected chi connectivity index (χ1v) is 12.2. The molecule has 7 nitrogen and oxygen atoms in total. The third-order valence-electron chi connectivity index (χ3n) is 5.64. The molecule has 0 unspecified atom stereocenters. The second-order valence-corrected chi connectivity index (χ2v) is 9.73. The summed E-state index contributed by atoms with van der Waals surface area (Å²) in [6.45, 7) is 0.329. The largest absolute Gasteiger partial charge is 0.493 e. The molecule has 0 atom stereocenters. The molecule has 3 rings (SSSR count). The molecule has 0 radical (unpaired) electrons. The fourth-order valence-corrected chi connectivity index (χ4v) is 5.22. The Morgan fingerprint density at radius 3 is 2.21 bits per heavy atom. The lowest BCUT2D eigenvalue weighted by molar-refractivity contribution is -0.137. The van der Waals surface area contributed by atoms with Crippen molar-refractivity contribution >= 4 is 21.6 Å². The highest BCUT2D eigenvalue weighted by atomic mass is 32.2. The van der Waals surface area contributed by atoms with Gasteiger partial charge in [0.1, 0.15) is 6.54 Å². The number of anilines is 1. The van der Waals surface area contributed by atoms with Gasteiger partial charge >= 0.3 is 6.18 Å². The van der Waals surface area contributed by atoms with Gasteiger partial charge in [-0.1, -0.05) is 18.9 Å². The third-order valence-corrected chi connectivity index (χ3v) is 7.41. The van der Waals surface area contributed by atoms with E-state index in [1.54, 1.807) is 4.90 Å². The number of methoxy groups -OCH3 is 2. The van der Waals surface area contributed by atoms with Gasteiger partial charge in [0, 0.05) is 19.2 Å². The summed E-state index contributed by atoms with van der Waals surface area (Å²) in [6, 6.07) is 7.79. The highest BCUT2D eigenvalue weighted by Gasteiger charge is 2.34. The molecule has 0 spiro atoms. The van der Waals surface area contributed by atoms with Crippen molar-refractivity contribution in [1.29, 1.82) is 0 Å². The van der Waals surface area contributed by atoms with Crippen molar-refractivity contribution in [3.05, 3.63) is 48.0 Å². The number of hydrogen-bond acceptors (Lipinski definition) is 5. The molecular weight excluding hydrogens is 473 g/mol. The van der Waals surface area contributed by atoms with Crippen LogP contribution in [-0.2, 0) is 21.0 Å². The van der Waals surface area contributed by atoms with Gasteiger partial charge in [-0.25, -0.2) is 8.42 Å². The van der Waals surface area contributed by atoms with Crippen molar-refractivity contribution in [2.24, 2.45) is 0 Å². The smallest absolute Gasteiger partial charge is 0.416 e. The van der Waals surface area contributed by atoms with E-state index in [9.17, 15) is 26.4 Å². The fourth-order valence-electron chi connectivity index (χ4n) is 3.80. The van der Waals surface area contributed by atoms with E-state index in [2.05, 4.69) is 0 Å². The molecule has 1 heterocycles. The van der Waals surface area contributed by atoms with Crippen LogP contribution in [0.25, 0.3) is 0 Å². The van der Waals surface area contributed by atoms with Crippen molar-refractivity contribution in [3.8, 4) is 11.5 Å². The lowest BCUT2D eigenvalue weighted by Gasteiger charge is -2.28. The number of nitrogens with zero attached hydrogens (tertiary/aromatic N) is 2. The number of ether oxygens (including phenoxy) is 2. The number of hydrogen-bond donors (Lipinski definition) is 0. The standard InChI is InChI=1S/C23H27F3N2O5S/c1-32-20-11-10-19(15-21(20)33-2)34(30,31)28(16-22(29)27-12-5-3-4-6-13-27)18-9-7-8-17(14-18)23(24,25)26/h7-11,14-15H,3-6,12-13,16H2,1-2H3. The molecule has 34 heavy (non-hydrogen) atoms. The number of rotatable bonds is 7. The second-order valence-electron chi connectivity index (χ2n) is 7.87. The molecule has 2 aromatic rings. The Balaban J connectivity index is 2.06. The van der Waals surface area contributed by atoms with E-state index in [0.29, 0.717) is 13.1 Å². The monoisotopic (exact) mass is 500 g/mol. The van der Waals surface area contributed by atoms with Gasteiger partial charge in [0.2, 0.25) is 5.91 Å². The molecule has 1 aliphatic rings. The van der Waals surface area contributed by atoms with Crippen molar-refractivity contribution in [2.45, 2.75) is 36.8 Å². The zero-order valence-corrected chi connectivity index (χ0v) is 19.8. The van der Waals surface area contributed by atoms with Crippen molar-refractivity contribution < 1.29 is 35.9 Å². The quantitative estimate of drug-likeness (QED) is 0.566. The van der Waals surface area contributed by atoms with Crippen LogP contribution < -0.4 is 13.8 Å². The Bertz CT molecular complexity index is 1110. The number of halogens is 3. The van der Waals surface area contributed by atoms with Gasteiger partial charge in [0.05, 0.1) is 30.4 Å². The molecule has 0 saturated carbocycles. The lowest BCUT2D eigenvalue weighted by Crippen LogP contribution is -2.43. The third kappa shape index (κ3) is 5.75. The molecule has 0 N–H and O–H groups in total. The number of carbonyl (C=O) groups is 1. The highest BCUT2D eigenvalue weighted by Crippen LogP contribution is 2.35. The van der Waals surface area contributed by atoms with E-state index in [0.717, 1.165) is 48.2 Å². The van der Waals surface area contributed by atoms with Crippen molar-refractivity contribution in [1.82, 2.24) is 4.90 Å². The first-order valence-electron chi connectivity index (χ1n) is 10.8. The van der Waals surface area contributed by atoms with E-state index in [4.69, 9.17) is 9.47 Å². The maximum atomic E-state index is 13.6. The van der Waals surface area contributed by atoms with E-state index in [1.165, 1.54) is 38.5 Å². The minimum absolute atomic E-state index is 0.131. The molecule has 0 bridgehead atoms. The van der Waals surface area contributed by atoms with Gasteiger partial charge in [0.25, 0.3) is 10.0 Å². The molecular formula is C23H27F3N2O5S. The average Bonchev–Trinajstić information content (AvgIpc) is 3.11. The minimum atomic E-state index is -4.68. The summed E-state index contributed by atoms with van der Waals surface area (Å²) >= 11 is 0. The highest BCUT2D eigenvalue weighted by molar-refractivity contribution is 7.92. The summed E-state index contributed by atoms with van der Waals surface area (Å²) in [5, 5.41) is 0. The van der Waals surface area contributed by atoms with Gasteiger partial charge in [-0.15, -0.1) is 0 Å². The first kappa shape index (κ1) is 25.7. The van der Waals surface area contributed by atoms with Crippen LogP contribution in [0.2, 0.25) is 0 Å². The maximum Gasteiger partial charge on any atom is 0.416 e. The van der Waals surface area contributed by atoms with Gasteiger partial charge in [0.15, 0.2) is 11.5 Å². The molecule has 11 heteroatoms. The SMILES string of the molecule is COc1ccc(S(=O)(=O)N(CC(=O)N2CCCCCC2)c2cccc(C(F)(F)F)c2)cc1OC. The number of sulfonamides is 1. The van der Waals surface area contributed by atoms with Crippen LogP contribution in [-0.4, -0.2) is 53.1 Å². The van der Waals surface area contributed by atoms with Gasteiger partial charge in [-0.05, 0) is 43.2 Å². The summed E-state index contributed by atoms with van der Waals surface area (Å²) in [5.41, 5.74) is -1.27. The van der Waals surface area contributed by atoms with Crippen LogP contribution in [0.1, 0.15) is 31.2 Å². The molecule has 1 aliphatic heterocycles. The molecule has 1 saturated heterocycles. The van der Waals surface area contributed by atoms with Crippen LogP contribution >= 0.6 is 0 Å². The number of amides is 1. The summed E-state index contributed by atoms with van der Waals surface area (Å²) in [4.78, 5) is 14.4. The van der Waals surface area contributed by atoms with Crippen molar-refractivity contribution in [2.75, 3.05) is 38.2 Å². The van der Waals surface area contributed by atoms with E-state index >= 15 is 0 Å². The van der Waals surface area contributed by atoms with E-state index in [1.807, 2.05) is 0 Å². The molecule has 1 fully saturated rings. The Hall–Kier alpha value is -2.95. The summed E-state index contributed by atoms with van der Waals surface area (Å²) in [7, 11) is -1.71. The van der Waals surface area contributed by atoms with Gasteiger partial charge in [-0.3, -0.25) is 9.10 Å². The van der Waals surface area contributed by atoms with Crippen LogP contribution in [0.3, 0.4) is 0 Å². The van der Waals surface area contributed by atoms with Gasteiger partial charge in [-0.2, -0.15) is 13.2 Å². The number of alkyl halides is 3. The van der Waals surface area contributed by atoms with Gasteiger partial charge < -0.3 is 14.4 Å². The predicted octanol–water partition coefficient (Wildman–Crippen LogP) is 4.32. The van der Waals surface area contributed by atoms with Crippen LogP contribution in [0.4, 0.5) is 18.9 Å². The number of benzene rings is 2. The predicted molar refractivity (Wildman–Crippen MR) is 121 cm³/mol. The van der Waals surface area contributed by atoms with Crippen molar-refractivity contribution in [3.63, 3.8) is 0 Å². The first-order chi connectivity index (χ1) is 16.1. The zero-order chi connectivity index (χ0) is 24.9. The molecule has 0 aromatic heterocycles. The Morgan fingerprint density at radius 2 is 1.62 bits per heavy atom. The molecule has 1 amide bonds. The molecule has 2 aromatic carbocycles. The van der Waals surface area contributed by atoms with Crippen LogP contribution in [0.15, 0.2) is 47.4 Å². The summed E-state index contributed by atoms with van der Waals surface area (Å²) < 4.78 is 78.4. The topological polar surface area (TPSA) is 76.2 Å². The Labute approximate surface area is 197 Å². The minimum Gasteiger partial charge on any atom is -0.493 e. The maximum absolute atomic E-state index is 13.6. The Morgan fingerprint density at radius 1 is 0.971 bits per heavy atom. The fraction of sp³-hybridized carbons (Fsp3) is 0.435. The lowest BCUT2D eigenvalue weighted by atomic mass is 10.2. The molecule has 0 aliphatic carbocycles. The van der Waals surface area contributed by atoms with Crippen LogP contribution in [0, 0.1) is 0 Å². The van der Waals surface area contributed by atoms with Crippen LogP contribution in [0.5, 0.6) is 11.5 Å². The zero-order valence-electron chi connectivity index (χ0n) is 19.0.